The molecule has 70 valence electrons. The predicted molar refractivity (Wildman–Crippen MR) is 47.3 cm³/mol. The molecule has 2 N–H and O–H groups in total. The molecule has 0 rings (SSSR count). The van der Waals surface area contributed by atoms with Gasteiger partial charge in [-0.2, -0.15) is 5.48 Å². The van der Waals surface area contributed by atoms with Crippen molar-refractivity contribution in [2.45, 2.75) is 40.2 Å². The van der Waals surface area contributed by atoms with E-state index in [0.29, 0.717) is 0 Å². The van der Waals surface area contributed by atoms with Crippen molar-refractivity contribution in [2.24, 2.45) is 0 Å². The molecule has 0 spiro atoms. The molecule has 0 bridgehead atoms. The maximum absolute atomic E-state index is 7.57. The first-order valence-electron chi connectivity index (χ1n) is 3.97. The lowest BCUT2D eigenvalue weighted by molar-refractivity contribution is 0.00198. The zero-order valence-corrected chi connectivity index (χ0v) is 8.27. The first-order valence-corrected chi connectivity index (χ1v) is 3.97. The summed E-state index contributed by atoms with van der Waals surface area (Å²) in [6.45, 7) is 10.8. The molecule has 11 heavy (non-hydrogen) atoms. The van der Waals surface area contributed by atoms with E-state index in [0.717, 1.165) is 6.61 Å². The van der Waals surface area contributed by atoms with Gasteiger partial charge in [-0.1, -0.05) is 0 Å². The predicted octanol–water partition coefficient (Wildman–Crippen LogP) is 1.32. The van der Waals surface area contributed by atoms with Crippen molar-refractivity contribution < 1.29 is 9.94 Å². The Hall–Kier alpha value is -0.120. The molecule has 0 aromatic rings. The fraction of sp³-hybridized carbons (Fsp3) is 1.00. The second kappa shape index (κ2) is 7.98. The van der Waals surface area contributed by atoms with Crippen LogP contribution in [0.2, 0.25) is 0 Å². The largest absolute Gasteiger partial charge is 0.397 e. The summed E-state index contributed by atoms with van der Waals surface area (Å²) in [5.41, 5.74) is 2.95. The summed E-state index contributed by atoms with van der Waals surface area (Å²) in [5.74, 6) is 0. The summed E-state index contributed by atoms with van der Waals surface area (Å²) >= 11 is 0. The van der Waals surface area contributed by atoms with E-state index in [1.807, 2.05) is 6.92 Å². The number of aliphatic hydroxyl groups excluding tert-OH is 1. The molecular weight excluding hydrogens is 142 g/mol. The second-order valence-corrected chi connectivity index (χ2v) is 3.10. The first kappa shape index (κ1) is 13.5. The van der Waals surface area contributed by atoms with Crippen LogP contribution in [0.3, 0.4) is 0 Å². The van der Waals surface area contributed by atoms with Gasteiger partial charge < -0.3 is 9.94 Å². The van der Waals surface area contributed by atoms with E-state index in [2.05, 4.69) is 26.3 Å². The fourth-order valence-electron chi connectivity index (χ4n) is 0.289. The molecule has 0 saturated carbocycles. The van der Waals surface area contributed by atoms with Crippen LogP contribution in [-0.2, 0) is 4.84 Å². The standard InChI is InChI=1S/C6H15NO.C2H6O/c1-5-8-7-6(2,3)4;1-2-3/h7H,5H2,1-4H3;3H,2H2,1H3. The minimum Gasteiger partial charge on any atom is -0.397 e. The summed E-state index contributed by atoms with van der Waals surface area (Å²) in [6.07, 6.45) is 0. The van der Waals surface area contributed by atoms with Crippen LogP contribution in [0, 0.1) is 0 Å². The Labute approximate surface area is 69.7 Å². The van der Waals surface area contributed by atoms with E-state index in [9.17, 15) is 0 Å². The lowest BCUT2D eigenvalue weighted by atomic mass is 10.1. The molecule has 0 aromatic carbocycles. The molecule has 0 unspecified atom stereocenters. The Kier molecular flexibility index (Phi) is 9.77. The molecule has 0 aliphatic heterocycles. The highest BCUT2D eigenvalue weighted by molar-refractivity contribution is 4.63. The van der Waals surface area contributed by atoms with Gasteiger partial charge in [-0.25, -0.2) is 0 Å². The van der Waals surface area contributed by atoms with Crippen LogP contribution in [0.4, 0.5) is 0 Å². The lowest BCUT2D eigenvalue weighted by Crippen LogP contribution is -2.35. The molecule has 3 nitrogen and oxygen atoms in total. The Balaban J connectivity index is 0. The quantitative estimate of drug-likeness (QED) is 0.603. The Morgan fingerprint density at radius 3 is 1.73 bits per heavy atom. The number of hydroxylamine groups is 1. The van der Waals surface area contributed by atoms with Crippen LogP contribution >= 0.6 is 0 Å². The summed E-state index contributed by atoms with van der Waals surface area (Å²) in [5, 5.41) is 7.57. The van der Waals surface area contributed by atoms with Gasteiger partial charge in [-0.05, 0) is 34.6 Å². The number of hydrogen-bond donors (Lipinski definition) is 2. The first-order chi connectivity index (χ1) is 4.97. The van der Waals surface area contributed by atoms with Gasteiger partial charge in [0.1, 0.15) is 0 Å². The van der Waals surface area contributed by atoms with E-state index in [1.54, 1.807) is 6.92 Å². The lowest BCUT2D eigenvalue weighted by Gasteiger charge is -2.18. The molecule has 0 heterocycles. The molecule has 0 aliphatic rings. The van der Waals surface area contributed by atoms with Crippen molar-refractivity contribution in [2.75, 3.05) is 13.2 Å². The highest BCUT2D eigenvalue weighted by atomic mass is 16.6. The summed E-state index contributed by atoms with van der Waals surface area (Å²) in [4.78, 5) is 4.95. The second-order valence-electron chi connectivity index (χ2n) is 3.10. The van der Waals surface area contributed by atoms with Crippen LogP contribution in [0.5, 0.6) is 0 Å². The van der Waals surface area contributed by atoms with E-state index in [4.69, 9.17) is 9.94 Å². The normalized spacial score (nSPS) is 10.4. The topological polar surface area (TPSA) is 41.5 Å². The smallest absolute Gasteiger partial charge is 0.0654 e. The van der Waals surface area contributed by atoms with Crippen molar-refractivity contribution in [3.05, 3.63) is 0 Å². The van der Waals surface area contributed by atoms with Crippen LogP contribution in [0.25, 0.3) is 0 Å². The number of aliphatic hydroxyl groups is 1. The van der Waals surface area contributed by atoms with Gasteiger partial charge in [0.15, 0.2) is 0 Å². The van der Waals surface area contributed by atoms with Gasteiger partial charge in [0.25, 0.3) is 0 Å². The van der Waals surface area contributed by atoms with E-state index < -0.39 is 0 Å². The van der Waals surface area contributed by atoms with E-state index in [-0.39, 0.29) is 12.1 Å². The number of rotatable bonds is 2. The maximum atomic E-state index is 7.57. The monoisotopic (exact) mass is 163 g/mol. The molecule has 0 aromatic heterocycles. The third kappa shape index (κ3) is 25.8. The maximum Gasteiger partial charge on any atom is 0.0654 e. The Morgan fingerprint density at radius 1 is 1.27 bits per heavy atom. The van der Waals surface area contributed by atoms with Crippen LogP contribution in [0.15, 0.2) is 0 Å². The van der Waals surface area contributed by atoms with Crippen molar-refractivity contribution in [1.29, 1.82) is 0 Å². The number of nitrogens with one attached hydrogen (secondary N) is 1. The van der Waals surface area contributed by atoms with Crippen molar-refractivity contribution >= 4 is 0 Å². The van der Waals surface area contributed by atoms with E-state index in [1.165, 1.54) is 0 Å². The van der Waals surface area contributed by atoms with Crippen molar-refractivity contribution in [3.8, 4) is 0 Å². The molecule has 0 aliphatic carbocycles. The van der Waals surface area contributed by atoms with Gasteiger partial charge >= 0.3 is 0 Å². The molecule has 0 fully saturated rings. The fourth-order valence-corrected chi connectivity index (χ4v) is 0.289. The SMILES string of the molecule is CCO.CCONC(C)(C)C. The van der Waals surface area contributed by atoms with Gasteiger partial charge in [0.2, 0.25) is 0 Å². The van der Waals surface area contributed by atoms with E-state index >= 15 is 0 Å². The summed E-state index contributed by atoms with van der Waals surface area (Å²) < 4.78 is 0. The van der Waals surface area contributed by atoms with Crippen LogP contribution < -0.4 is 5.48 Å². The third-order valence-corrected chi connectivity index (χ3v) is 0.523. The molecule has 0 amide bonds. The molecule has 3 heteroatoms. The van der Waals surface area contributed by atoms with Gasteiger partial charge in [-0.3, -0.25) is 0 Å². The van der Waals surface area contributed by atoms with Gasteiger partial charge in [0, 0.05) is 12.1 Å². The molecule has 0 atom stereocenters. The van der Waals surface area contributed by atoms with Crippen molar-refractivity contribution in [1.82, 2.24) is 5.48 Å². The van der Waals surface area contributed by atoms with Crippen LogP contribution in [-0.4, -0.2) is 23.9 Å². The average molecular weight is 163 g/mol. The highest BCUT2D eigenvalue weighted by Crippen LogP contribution is 1.96. The van der Waals surface area contributed by atoms with Gasteiger partial charge in [0.05, 0.1) is 6.61 Å². The van der Waals surface area contributed by atoms with Crippen LogP contribution in [0.1, 0.15) is 34.6 Å². The van der Waals surface area contributed by atoms with Crippen molar-refractivity contribution in [3.63, 3.8) is 0 Å². The highest BCUT2D eigenvalue weighted by Gasteiger charge is 2.06. The molecular formula is C8H21NO2. The minimum atomic E-state index is 0.0794. The average Bonchev–Trinajstić information content (AvgIpc) is 1.84. The summed E-state index contributed by atoms with van der Waals surface area (Å²) in [6, 6.07) is 0. The Bertz CT molecular complexity index is 69.0. The third-order valence-electron chi connectivity index (χ3n) is 0.523. The summed E-state index contributed by atoms with van der Waals surface area (Å²) in [7, 11) is 0. The van der Waals surface area contributed by atoms with Gasteiger partial charge in [-0.15, -0.1) is 0 Å². The number of hydrogen-bond acceptors (Lipinski definition) is 3. The molecule has 0 saturated heterocycles. The Morgan fingerprint density at radius 2 is 1.64 bits per heavy atom. The zero-order chi connectivity index (χ0) is 9.33. The zero-order valence-electron chi connectivity index (χ0n) is 8.27. The molecule has 0 radical (unpaired) electrons. The minimum absolute atomic E-state index is 0.0794.